The van der Waals surface area contributed by atoms with E-state index in [1.165, 1.54) is 38.0 Å². The topological polar surface area (TPSA) is 21.3 Å². The number of hydrogen-bond donors (Lipinski definition) is 1. The van der Waals surface area contributed by atoms with Gasteiger partial charge < -0.3 is 10.1 Å². The highest BCUT2D eigenvalue weighted by molar-refractivity contribution is 7.99. The minimum Gasteiger partial charge on any atom is -0.381 e. The fraction of sp³-hybridized carbons (Fsp3) is 1.00. The van der Waals surface area contributed by atoms with Gasteiger partial charge in [0.15, 0.2) is 0 Å². The quantitative estimate of drug-likeness (QED) is 0.755. The molecule has 0 aromatic rings. The van der Waals surface area contributed by atoms with Gasteiger partial charge >= 0.3 is 0 Å². The van der Waals surface area contributed by atoms with E-state index in [1.54, 1.807) is 0 Å². The highest BCUT2D eigenvalue weighted by Gasteiger charge is 2.21. The van der Waals surface area contributed by atoms with Crippen molar-refractivity contribution >= 4 is 11.8 Å². The number of rotatable bonds is 6. The van der Waals surface area contributed by atoms with Crippen LogP contribution in [0.4, 0.5) is 0 Å². The minimum atomic E-state index is 0.818. The molecule has 2 aliphatic rings. The summed E-state index contributed by atoms with van der Waals surface area (Å²) in [5, 5.41) is 4.47. The number of nitrogens with one attached hydrogen (secondary N) is 1. The summed E-state index contributed by atoms with van der Waals surface area (Å²) in [5.41, 5.74) is 0. The Morgan fingerprint density at radius 3 is 2.67 bits per heavy atom. The van der Waals surface area contributed by atoms with Crippen LogP contribution in [0, 0.1) is 5.92 Å². The fourth-order valence-corrected chi connectivity index (χ4v) is 3.10. The lowest BCUT2D eigenvalue weighted by Crippen LogP contribution is -2.25. The van der Waals surface area contributed by atoms with Crippen LogP contribution >= 0.6 is 11.8 Å². The van der Waals surface area contributed by atoms with Gasteiger partial charge in [0, 0.05) is 24.5 Å². The molecular weight excluding hydrogens is 206 g/mol. The molecule has 0 radical (unpaired) electrons. The Morgan fingerprint density at radius 1 is 1.27 bits per heavy atom. The average molecular weight is 229 g/mol. The summed E-state index contributed by atoms with van der Waals surface area (Å²) in [6.07, 6.45) is 5.32. The summed E-state index contributed by atoms with van der Waals surface area (Å²) < 4.78 is 5.37. The van der Waals surface area contributed by atoms with Gasteiger partial charge in [0.25, 0.3) is 0 Å². The van der Waals surface area contributed by atoms with E-state index in [0.717, 1.165) is 30.4 Å². The summed E-state index contributed by atoms with van der Waals surface area (Å²) in [4.78, 5) is 0. The smallest absolute Gasteiger partial charge is 0.0476 e. The zero-order chi connectivity index (χ0) is 10.5. The van der Waals surface area contributed by atoms with E-state index in [2.05, 4.69) is 24.0 Å². The first-order chi connectivity index (χ1) is 7.34. The maximum absolute atomic E-state index is 5.37. The lowest BCUT2D eigenvalue weighted by Gasteiger charge is -2.23. The van der Waals surface area contributed by atoms with Gasteiger partial charge in [0.2, 0.25) is 0 Å². The van der Waals surface area contributed by atoms with Crippen molar-refractivity contribution in [2.75, 3.05) is 25.5 Å². The van der Waals surface area contributed by atoms with Crippen molar-refractivity contribution in [3.63, 3.8) is 0 Å². The maximum atomic E-state index is 5.37. The molecule has 1 heterocycles. The second-order valence-corrected chi connectivity index (χ2v) is 6.27. The monoisotopic (exact) mass is 229 g/mol. The molecule has 2 rings (SSSR count). The van der Waals surface area contributed by atoms with Crippen LogP contribution < -0.4 is 5.32 Å². The molecule has 1 atom stereocenters. The zero-order valence-corrected chi connectivity index (χ0v) is 10.5. The number of thioether (sulfide) groups is 1. The SMILES string of the molecule is CC(CNC1CC1)CSC1CCOCC1. The van der Waals surface area contributed by atoms with Gasteiger partial charge in [0.05, 0.1) is 0 Å². The van der Waals surface area contributed by atoms with Crippen molar-refractivity contribution in [2.45, 2.75) is 43.9 Å². The molecule has 1 saturated carbocycles. The predicted molar refractivity (Wildman–Crippen MR) is 66.5 cm³/mol. The normalized spacial score (nSPS) is 25.4. The summed E-state index contributed by atoms with van der Waals surface area (Å²) >= 11 is 2.16. The Kier molecular flexibility index (Phi) is 4.79. The third-order valence-electron chi connectivity index (χ3n) is 3.12. The van der Waals surface area contributed by atoms with Gasteiger partial charge in [0.1, 0.15) is 0 Å². The number of hydrogen-bond acceptors (Lipinski definition) is 3. The molecule has 15 heavy (non-hydrogen) atoms. The zero-order valence-electron chi connectivity index (χ0n) is 9.71. The molecule has 1 aliphatic carbocycles. The first kappa shape index (κ1) is 11.7. The van der Waals surface area contributed by atoms with Crippen LogP contribution in [0.25, 0.3) is 0 Å². The molecule has 0 spiro atoms. The van der Waals surface area contributed by atoms with Crippen molar-refractivity contribution < 1.29 is 4.74 Å². The van der Waals surface area contributed by atoms with Crippen LogP contribution in [-0.2, 0) is 4.74 Å². The van der Waals surface area contributed by atoms with Crippen LogP contribution in [0.3, 0.4) is 0 Å². The lowest BCUT2D eigenvalue weighted by molar-refractivity contribution is 0.1000. The van der Waals surface area contributed by atoms with Gasteiger partial charge in [-0.25, -0.2) is 0 Å². The predicted octanol–water partition coefficient (Wildman–Crippen LogP) is 2.29. The largest absolute Gasteiger partial charge is 0.381 e. The molecule has 1 unspecified atom stereocenters. The molecule has 1 saturated heterocycles. The molecule has 3 heteroatoms. The van der Waals surface area contributed by atoms with Crippen LogP contribution in [0.5, 0.6) is 0 Å². The molecule has 2 fully saturated rings. The standard InChI is InChI=1S/C12H23NOS/c1-10(8-13-11-2-3-11)9-15-12-4-6-14-7-5-12/h10-13H,2-9H2,1H3. The van der Waals surface area contributed by atoms with E-state index in [-0.39, 0.29) is 0 Å². The highest BCUT2D eigenvalue weighted by Crippen LogP contribution is 2.24. The second-order valence-electron chi connectivity index (χ2n) is 4.93. The van der Waals surface area contributed by atoms with Gasteiger partial charge in [-0.2, -0.15) is 11.8 Å². The van der Waals surface area contributed by atoms with Crippen molar-refractivity contribution in [1.29, 1.82) is 0 Å². The van der Waals surface area contributed by atoms with E-state index in [4.69, 9.17) is 4.74 Å². The van der Waals surface area contributed by atoms with E-state index < -0.39 is 0 Å². The summed E-state index contributed by atoms with van der Waals surface area (Å²) in [7, 11) is 0. The molecule has 2 nitrogen and oxygen atoms in total. The first-order valence-electron chi connectivity index (χ1n) is 6.27. The van der Waals surface area contributed by atoms with Crippen LogP contribution in [0.15, 0.2) is 0 Å². The summed E-state index contributed by atoms with van der Waals surface area (Å²) in [6.45, 7) is 5.53. The molecule has 0 amide bonds. The molecule has 0 aromatic heterocycles. The average Bonchev–Trinajstić information content (AvgIpc) is 3.09. The summed E-state index contributed by atoms with van der Waals surface area (Å²) in [5.74, 6) is 2.13. The van der Waals surface area contributed by atoms with Crippen LogP contribution in [0.2, 0.25) is 0 Å². The summed E-state index contributed by atoms with van der Waals surface area (Å²) in [6, 6.07) is 0.862. The van der Waals surface area contributed by atoms with Crippen LogP contribution in [0.1, 0.15) is 32.6 Å². The van der Waals surface area contributed by atoms with Crippen molar-refractivity contribution in [3.05, 3.63) is 0 Å². The third kappa shape index (κ3) is 4.75. The van der Waals surface area contributed by atoms with Gasteiger partial charge in [-0.05, 0) is 43.9 Å². The molecule has 0 bridgehead atoms. The van der Waals surface area contributed by atoms with Crippen LogP contribution in [-0.4, -0.2) is 36.8 Å². The Balaban J connectivity index is 1.50. The minimum absolute atomic E-state index is 0.818. The van der Waals surface area contributed by atoms with Gasteiger partial charge in [-0.3, -0.25) is 0 Å². The first-order valence-corrected chi connectivity index (χ1v) is 7.32. The highest BCUT2D eigenvalue weighted by atomic mass is 32.2. The van der Waals surface area contributed by atoms with E-state index in [9.17, 15) is 0 Å². The van der Waals surface area contributed by atoms with Crippen molar-refractivity contribution in [3.8, 4) is 0 Å². The second kappa shape index (κ2) is 6.12. The Morgan fingerprint density at radius 2 is 2.00 bits per heavy atom. The van der Waals surface area contributed by atoms with Gasteiger partial charge in [-0.1, -0.05) is 6.92 Å². The molecular formula is C12H23NOS. The molecule has 1 aliphatic heterocycles. The number of ether oxygens (including phenoxy) is 1. The molecule has 0 aromatic carbocycles. The van der Waals surface area contributed by atoms with E-state index >= 15 is 0 Å². The molecule has 88 valence electrons. The van der Waals surface area contributed by atoms with Crippen molar-refractivity contribution in [2.24, 2.45) is 5.92 Å². The van der Waals surface area contributed by atoms with Gasteiger partial charge in [-0.15, -0.1) is 0 Å². The maximum Gasteiger partial charge on any atom is 0.0476 e. The Bertz CT molecular complexity index is 178. The lowest BCUT2D eigenvalue weighted by atomic mass is 10.2. The Labute approximate surface area is 97.5 Å². The van der Waals surface area contributed by atoms with E-state index in [0.29, 0.717) is 0 Å². The fourth-order valence-electron chi connectivity index (χ4n) is 1.86. The third-order valence-corrected chi connectivity index (χ3v) is 4.82. The van der Waals surface area contributed by atoms with Crippen molar-refractivity contribution in [1.82, 2.24) is 5.32 Å². The molecule has 1 N–H and O–H groups in total. The Hall–Kier alpha value is 0.270. The van der Waals surface area contributed by atoms with E-state index in [1.807, 2.05) is 0 Å².